The van der Waals surface area contributed by atoms with Gasteiger partial charge in [0.2, 0.25) is 0 Å². The number of rotatable bonds is 0. The van der Waals surface area contributed by atoms with Gasteiger partial charge in [-0.1, -0.05) is 6.42 Å². The molecule has 0 aromatic carbocycles. The lowest BCUT2D eigenvalue weighted by Crippen LogP contribution is -1.31. The van der Waals surface area contributed by atoms with Gasteiger partial charge in [0, 0.05) is 27.3 Å². The molecule has 0 N–H and O–H groups in total. The first-order chi connectivity index (χ1) is 2.41. The highest BCUT2D eigenvalue weighted by molar-refractivity contribution is 8.12. The summed E-state index contributed by atoms with van der Waals surface area (Å²) in [4.78, 5) is 0. The quantitative estimate of drug-likeness (QED) is 0.402. The van der Waals surface area contributed by atoms with Gasteiger partial charge in [-0.3, -0.25) is 0 Å². The van der Waals surface area contributed by atoms with E-state index in [1.165, 1.54) is 0 Å². The second-order valence-corrected chi connectivity index (χ2v) is 1.07. The van der Waals surface area contributed by atoms with E-state index in [0.717, 1.165) is 10.1 Å². The van der Waals surface area contributed by atoms with Crippen molar-refractivity contribution in [1.29, 1.82) is 0 Å². The van der Waals surface area contributed by atoms with Crippen LogP contribution in [0.2, 0.25) is 0 Å². The number of nitrogens with zero attached hydrogens (tertiary/aromatic N) is 1. The molecule has 0 unspecified atom stereocenters. The highest BCUT2D eigenvalue weighted by Crippen LogP contribution is 1.45. The largest absolute Gasteiger partial charge is 0.130 e. The van der Waals surface area contributed by atoms with Crippen molar-refractivity contribution in [3.05, 3.63) is 0 Å². The van der Waals surface area contributed by atoms with Gasteiger partial charge in [0.15, 0.2) is 0 Å². The molecule has 5 heavy (non-hydrogen) atoms. The van der Waals surface area contributed by atoms with Gasteiger partial charge in [-0.05, 0) is 0 Å². The Morgan fingerprint density at radius 1 is 2.00 bits per heavy atom. The molecule has 1 nitrogen and oxygen atoms in total. The first-order valence-corrected chi connectivity index (χ1v) is 2.56. The predicted molar refractivity (Wildman–Crippen MR) is 26.0 cm³/mol. The van der Waals surface area contributed by atoms with Crippen molar-refractivity contribution < 1.29 is 0 Å². The first kappa shape index (κ1) is 4.80. The molecule has 0 aliphatic heterocycles. The summed E-state index contributed by atoms with van der Waals surface area (Å²) < 4.78 is 3.23. The summed E-state index contributed by atoms with van der Waals surface area (Å²) in [6.45, 7) is 0. The number of hydrogen-bond acceptors (Lipinski definition) is 2. The Kier molecular flexibility index (Phi) is 3.65. The second kappa shape index (κ2) is 3.80. The average molecular weight is 103 g/mol. The Bertz CT molecular complexity index is 94.7. The van der Waals surface area contributed by atoms with Crippen molar-refractivity contribution in [2.75, 3.05) is 0 Å². The van der Waals surface area contributed by atoms with Crippen LogP contribution in [0.4, 0.5) is 0 Å². The van der Waals surface area contributed by atoms with Crippen molar-refractivity contribution in [3.63, 3.8) is 0 Å². The summed E-state index contributed by atoms with van der Waals surface area (Å²) in [7, 11) is 0.874. The van der Waals surface area contributed by atoms with E-state index in [9.17, 15) is 0 Å². The fourth-order valence-corrected chi connectivity index (χ4v) is 0.194. The van der Waals surface area contributed by atoms with Crippen LogP contribution in [-0.2, 0) is 21.3 Å². The molecule has 0 saturated heterocycles. The SMILES string of the molecule is C#CN=S=S. The second-order valence-electron chi connectivity index (χ2n) is 0.295. The summed E-state index contributed by atoms with van der Waals surface area (Å²) in [5, 5.41) is 0. The van der Waals surface area contributed by atoms with E-state index in [1.807, 2.05) is 6.04 Å². The third-order valence-corrected chi connectivity index (χ3v) is 0.494. The fourth-order valence-electron chi connectivity index (χ4n) is 0.0215. The zero-order valence-electron chi connectivity index (χ0n) is 2.34. The minimum Gasteiger partial charge on any atom is -0.130 e. The van der Waals surface area contributed by atoms with Gasteiger partial charge >= 0.3 is 0 Å². The molecule has 0 amide bonds. The minimum absolute atomic E-state index is 0.874. The van der Waals surface area contributed by atoms with E-state index in [0.29, 0.717) is 0 Å². The minimum atomic E-state index is 0.874. The molecular weight excluding hydrogens is 102 g/mol. The molecule has 0 radical (unpaired) electrons. The Labute approximate surface area is 38.8 Å². The molecule has 0 aromatic heterocycles. The van der Waals surface area contributed by atoms with E-state index in [2.05, 4.69) is 22.0 Å². The van der Waals surface area contributed by atoms with Crippen LogP contribution in [0.15, 0.2) is 4.36 Å². The molecule has 0 atom stereocenters. The van der Waals surface area contributed by atoms with Gasteiger partial charge in [0.05, 0.1) is 0 Å². The average Bonchev–Trinajstić information content (AvgIpc) is 1.41. The van der Waals surface area contributed by atoms with Gasteiger partial charge in [-0.2, -0.15) is 0 Å². The van der Waals surface area contributed by atoms with Crippen LogP contribution < -0.4 is 0 Å². The van der Waals surface area contributed by atoms with Crippen LogP contribution in [0.25, 0.3) is 0 Å². The maximum absolute atomic E-state index is 4.63. The lowest BCUT2D eigenvalue weighted by atomic mass is 11.2. The van der Waals surface area contributed by atoms with E-state index < -0.39 is 0 Å². The van der Waals surface area contributed by atoms with Crippen LogP contribution >= 0.6 is 0 Å². The van der Waals surface area contributed by atoms with Gasteiger partial charge in [-0.25, -0.2) is 0 Å². The summed E-state index contributed by atoms with van der Waals surface area (Å²) in [6, 6.07) is 2.00. The lowest BCUT2D eigenvalue weighted by molar-refractivity contribution is 1.81. The molecule has 0 fully saturated rings. The van der Waals surface area contributed by atoms with Crippen LogP contribution in [0.5, 0.6) is 0 Å². The zero-order chi connectivity index (χ0) is 4.12. The summed E-state index contributed by atoms with van der Waals surface area (Å²) >= 11 is 4.26. The van der Waals surface area contributed by atoms with E-state index in [4.69, 9.17) is 0 Å². The fraction of sp³-hybridized carbons (Fsp3) is 0. The standard InChI is InChI=1S/C2HNS2/c1-2-3-5-4/h1H. The number of terminal acetylenes is 1. The normalized spacial score (nSPS) is 4.60. The zero-order valence-corrected chi connectivity index (χ0v) is 3.97. The monoisotopic (exact) mass is 103 g/mol. The van der Waals surface area contributed by atoms with E-state index >= 15 is 0 Å². The van der Waals surface area contributed by atoms with Crippen molar-refractivity contribution in [2.45, 2.75) is 0 Å². The Hall–Kier alpha value is -0.200. The molecule has 0 saturated carbocycles. The maximum Gasteiger partial charge on any atom is 0.0448 e. The van der Waals surface area contributed by atoms with Crippen LogP contribution in [-0.4, -0.2) is 0 Å². The van der Waals surface area contributed by atoms with Gasteiger partial charge in [-0.15, -0.1) is 4.36 Å². The van der Waals surface area contributed by atoms with E-state index in [-0.39, 0.29) is 0 Å². The molecule has 0 heterocycles. The van der Waals surface area contributed by atoms with Crippen molar-refractivity contribution >= 4 is 21.3 Å². The van der Waals surface area contributed by atoms with Crippen LogP contribution in [0.1, 0.15) is 0 Å². The molecule has 26 valence electrons. The Morgan fingerprint density at radius 3 is 2.60 bits per heavy atom. The topological polar surface area (TPSA) is 12.4 Å². The Balaban J connectivity index is 3.46. The van der Waals surface area contributed by atoms with Crippen LogP contribution in [0, 0.1) is 12.5 Å². The number of hydrogen-bond donors (Lipinski definition) is 0. The van der Waals surface area contributed by atoms with Gasteiger partial charge < -0.3 is 0 Å². The maximum atomic E-state index is 4.63. The molecule has 3 heteroatoms. The van der Waals surface area contributed by atoms with Gasteiger partial charge in [0.25, 0.3) is 0 Å². The lowest BCUT2D eigenvalue weighted by Gasteiger charge is -1.41. The molecule has 0 rings (SSSR count). The molecule has 0 bridgehead atoms. The third-order valence-electron chi connectivity index (χ3n) is 0.0900. The summed E-state index contributed by atoms with van der Waals surface area (Å²) in [5.74, 6) is 0. The first-order valence-electron chi connectivity index (χ1n) is 0.862. The molecule has 0 aromatic rings. The van der Waals surface area contributed by atoms with E-state index in [1.54, 1.807) is 0 Å². The highest BCUT2D eigenvalue weighted by atomic mass is 32.8. The van der Waals surface area contributed by atoms with Crippen molar-refractivity contribution in [1.82, 2.24) is 0 Å². The molecule has 0 spiro atoms. The highest BCUT2D eigenvalue weighted by Gasteiger charge is 1.35. The van der Waals surface area contributed by atoms with Crippen molar-refractivity contribution in [3.8, 4) is 12.5 Å². The van der Waals surface area contributed by atoms with Crippen molar-refractivity contribution in [2.24, 2.45) is 4.36 Å². The third kappa shape index (κ3) is 3.80. The molecule has 0 aliphatic rings. The smallest absolute Gasteiger partial charge is 0.0448 e. The summed E-state index contributed by atoms with van der Waals surface area (Å²) in [5.41, 5.74) is 0. The van der Waals surface area contributed by atoms with Gasteiger partial charge in [0.1, 0.15) is 0 Å². The van der Waals surface area contributed by atoms with Crippen LogP contribution in [0.3, 0.4) is 0 Å². The summed E-state index contributed by atoms with van der Waals surface area (Å²) in [6.07, 6.45) is 4.63. The molecule has 0 aliphatic carbocycles. The Morgan fingerprint density at radius 2 is 2.60 bits per heavy atom. The molecular formula is C2HNS2. The predicted octanol–water partition coefficient (Wildman–Crippen LogP) is 0.305.